The van der Waals surface area contributed by atoms with Gasteiger partial charge in [-0.05, 0) is 69.2 Å². The fraction of sp³-hybridized carbons (Fsp3) is 0.333. The van der Waals surface area contributed by atoms with Gasteiger partial charge in [0.2, 0.25) is 0 Å². The van der Waals surface area contributed by atoms with Crippen LogP contribution < -0.4 is 16.0 Å². The maximum atomic E-state index is 13.6. The van der Waals surface area contributed by atoms with Crippen molar-refractivity contribution in [3.05, 3.63) is 76.6 Å². The standard InChI is InChI=1S/C27H30ClFN6O3/c1-16-4-3-5-17(2)34(16)12-13-35(27(38)24-23(25(30)36)31-15-32-24)20-9-7-19(8-10-20)33-26(37)21-11-6-18(29)14-22(21)28/h6-11,14-17H,3-5,12-13H2,1-2H3,(H2,30,36)(H,31,32)(H,33,37). The van der Waals surface area contributed by atoms with Crippen LogP contribution in [0.25, 0.3) is 0 Å². The van der Waals surface area contributed by atoms with E-state index in [-0.39, 0.29) is 22.0 Å². The second-order valence-corrected chi connectivity index (χ2v) is 9.85. The van der Waals surface area contributed by atoms with E-state index in [9.17, 15) is 18.8 Å². The van der Waals surface area contributed by atoms with Gasteiger partial charge in [0.25, 0.3) is 17.7 Å². The van der Waals surface area contributed by atoms with Crippen molar-refractivity contribution in [2.24, 2.45) is 5.73 Å². The van der Waals surface area contributed by atoms with Crippen molar-refractivity contribution in [3.8, 4) is 0 Å². The Labute approximate surface area is 225 Å². The molecule has 4 N–H and O–H groups in total. The summed E-state index contributed by atoms with van der Waals surface area (Å²) in [5.74, 6) is -2.27. The third-order valence-electron chi connectivity index (χ3n) is 6.90. The number of rotatable bonds is 8. The highest BCUT2D eigenvalue weighted by molar-refractivity contribution is 6.34. The monoisotopic (exact) mass is 540 g/mol. The largest absolute Gasteiger partial charge is 0.364 e. The Bertz CT molecular complexity index is 1320. The molecule has 200 valence electrons. The van der Waals surface area contributed by atoms with E-state index < -0.39 is 23.5 Å². The average molecular weight is 541 g/mol. The van der Waals surface area contributed by atoms with Crippen molar-refractivity contribution < 1.29 is 18.8 Å². The zero-order valence-corrected chi connectivity index (χ0v) is 22.0. The fourth-order valence-electron chi connectivity index (χ4n) is 4.85. The summed E-state index contributed by atoms with van der Waals surface area (Å²) >= 11 is 6.00. The number of benzene rings is 2. The number of likely N-dealkylation sites (tertiary alicyclic amines) is 1. The number of halogens is 2. The summed E-state index contributed by atoms with van der Waals surface area (Å²) in [6.45, 7) is 5.36. The first-order valence-corrected chi connectivity index (χ1v) is 12.8. The third kappa shape index (κ3) is 6.03. The Balaban J connectivity index is 1.57. The molecule has 1 aromatic heterocycles. The first-order chi connectivity index (χ1) is 18.2. The van der Waals surface area contributed by atoms with E-state index >= 15 is 0 Å². The molecule has 2 heterocycles. The number of amides is 3. The summed E-state index contributed by atoms with van der Waals surface area (Å²) in [4.78, 5) is 48.7. The van der Waals surface area contributed by atoms with Crippen LogP contribution in [0.2, 0.25) is 5.02 Å². The van der Waals surface area contributed by atoms with E-state index in [0.29, 0.717) is 36.5 Å². The summed E-state index contributed by atoms with van der Waals surface area (Å²) in [5.41, 5.74) is 6.48. The lowest BCUT2D eigenvalue weighted by atomic mass is 9.97. The Morgan fingerprint density at radius 1 is 1.16 bits per heavy atom. The fourth-order valence-corrected chi connectivity index (χ4v) is 5.10. The number of nitrogens with one attached hydrogen (secondary N) is 2. The van der Waals surface area contributed by atoms with Crippen LogP contribution in [0.1, 0.15) is 64.4 Å². The van der Waals surface area contributed by atoms with Gasteiger partial charge in [0.05, 0.1) is 16.9 Å². The molecule has 0 aliphatic carbocycles. The lowest BCUT2D eigenvalue weighted by Gasteiger charge is -2.40. The number of aromatic amines is 1. The van der Waals surface area contributed by atoms with Gasteiger partial charge >= 0.3 is 0 Å². The molecule has 1 fully saturated rings. The Kier molecular flexibility index (Phi) is 8.43. The van der Waals surface area contributed by atoms with E-state index in [1.54, 1.807) is 29.2 Å². The normalized spacial score (nSPS) is 17.7. The van der Waals surface area contributed by atoms with Gasteiger partial charge in [-0.25, -0.2) is 9.37 Å². The van der Waals surface area contributed by atoms with Gasteiger partial charge < -0.3 is 20.9 Å². The summed E-state index contributed by atoms with van der Waals surface area (Å²) in [7, 11) is 0. The molecule has 2 unspecified atom stereocenters. The lowest BCUT2D eigenvalue weighted by molar-refractivity contribution is 0.0920. The number of hydrogen-bond donors (Lipinski definition) is 3. The minimum Gasteiger partial charge on any atom is -0.364 e. The summed E-state index contributed by atoms with van der Waals surface area (Å²) in [6, 6.07) is 11.0. The van der Waals surface area contributed by atoms with E-state index in [2.05, 4.69) is 34.0 Å². The van der Waals surface area contributed by atoms with Crippen LogP contribution in [0.5, 0.6) is 0 Å². The molecular weight excluding hydrogens is 511 g/mol. The molecule has 3 aromatic rings. The molecule has 0 spiro atoms. The molecule has 3 amide bonds. The second kappa shape index (κ2) is 11.7. The molecule has 0 radical (unpaired) electrons. The highest BCUT2D eigenvalue weighted by Gasteiger charge is 2.29. The number of aromatic nitrogens is 2. The zero-order chi connectivity index (χ0) is 27.4. The van der Waals surface area contributed by atoms with Crippen LogP contribution >= 0.6 is 11.6 Å². The second-order valence-electron chi connectivity index (χ2n) is 9.44. The van der Waals surface area contributed by atoms with Crippen molar-refractivity contribution in [1.82, 2.24) is 14.9 Å². The molecule has 0 bridgehead atoms. The molecule has 0 saturated carbocycles. The van der Waals surface area contributed by atoms with Gasteiger partial charge in [-0.1, -0.05) is 18.0 Å². The number of piperidine rings is 1. The highest BCUT2D eigenvalue weighted by Crippen LogP contribution is 2.25. The predicted octanol–water partition coefficient (Wildman–Crippen LogP) is 4.46. The predicted molar refractivity (Wildman–Crippen MR) is 144 cm³/mol. The molecule has 4 rings (SSSR count). The molecule has 1 aliphatic heterocycles. The smallest absolute Gasteiger partial charge is 0.279 e. The number of hydrogen-bond acceptors (Lipinski definition) is 5. The topological polar surface area (TPSA) is 124 Å². The van der Waals surface area contributed by atoms with Crippen LogP contribution in [-0.4, -0.2) is 57.8 Å². The molecule has 2 aromatic carbocycles. The first kappa shape index (κ1) is 27.3. The first-order valence-electron chi connectivity index (χ1n) is 12.4. The maximum Gasteiger partial charge on any atom is 0.279 e. The van der Waals surface area contributed by atoms with Crippen molar-refractivity contribution in [1.29, 1.82) is 0 Å². The number of nitrogens with zero attached hydrogens (tertiary/aromatic N) is 3. The SMILES string of the molecule is CC1CCCC(C)N1CCN(C(=O)c1nc[nH]c1C(N)=O)c1ccc(NC(=O)c2ccc(F)cc2Cl)cc1. The number of nitrogens with two attached hydrogens (primary N) is 1. The summed E-state index contributed by atoms with van der Waals surface area (Å²) < 4.78 is 13.3. The van der Waals surface area contributed by atoms with Crippen molar-refractivity contribution in [3.63, 3.8) is 0 Å². The lowest BCUT2D eigenvalue weighted by Crippen LogP contribution is -2.48. The quantitative estimate of drug-likeness (QED) is 0.389. The summed E-state index contributed by atoms with van der Waals surface area (Å²) in [6.07, 6.45) is 4.62. The zero-order valence-electron chi connectivity index (χ0n) is 21.2. The van der Waals surface area contributed by atoms with Crippen molar-refractivity contribution in [2.45, 2.75) is 45.2 Å². The van der Waals surface area contributed by atoms with Crippen molar-refractivity contribution in [2.75, 3.05) is 23.3 Å². The molecule has 11 heteroatoms. The van der Waals surface area contributed by atoms with Gasteiger partial charge in [-0.15, -0.1) is 0 Å². The molecular formula is C27H30ClFN6O3. The van der Waals surface area contributed by atoms with E-state index in [1.165, 1.54) is 18.8 Å². The van der Waals surface area contributed by atoms with Gasteiger partial charge in [0.1, 0.15) is 11.5 Å². The molecule has 2 atom stereocenters. The third-order valence-corrected chi connectivity index (χ3v) is 7.22. The van der Waals surface area contributed by atoms with Crippen molar-refractivity contribution >= 4 is 40.7 Å². The van der Waals surface area contributed by atoms with Gasteiger partial charge in [-0.2, -0.15) is 0 Å². The minimum absolute atomic E-state index is 0.00122. The Morgan fingerprint density at radius 2 is 1.84 bits per heavy atom. The van der Waals surface area contributed by atoms with E-state index in [4.69, 9.17) is 17.3 Å². The van der Waals surface area contributed by atoms with Gasteiger partial charge in [0, 0.05) is 36.5 Å². The van der Waals surface area contributed by atoms with Gasteiger partial charge in [-0.3, -0.25) is 19.3 Å². The number of primary amides is 1. The van der Waals surface area contributed by atoms with Crippen LogP contribution in [0, 0.1) is 5.82 Å². The Hall–Kier alpha value is -3.76. The molecule has 1 aliphatic rings. The number of carbonyl (C=O) groups is 3. The molecule has 38 heavy (non-hydrogen) atoms. The average Bonchev–Trinajstić information content (AvgIpc) is 3.37. The maximum absolute atomic E-state index is 13.6. The number of anilines is 2. The minimum atomic E-state index is -0.776. The van der Waals surface area contributed by atoms with Crippen LogP contribution in [0.4, 0.5) is 15.8 Å². The number of imidazole rings is 1. The molecule has 1 saturated heterocycles. The number of H-pyrrole nitrogens is 1. The van der Waals surface area contributed by atoms with Crippen LogP contribution in [0.15, 0.2) is 48.8 Å². The van der Waals surface area contributed by atoms with E-state index in [1.807, 2.05) is 0 Å². The summed E-state index contributed by atoms with van der Waals surface area (Å²) in [5, 5.41) is 2.73. The Morgan fingerprint density at radius 3 is 2.47 bits per heavy atom. The van der Waals surface area contributed by atoms with Crippen LogP contribution in [0.3, 0.4) is 0 Å². The number of carbonyl (C=O) groups excluding carboxylic acids is 3. The molecule has 9 nitrogen and oxygen atoms in total. The highest BCUT2D eigenvalue weighted by atomic mass is 35.5. The van der Waals surface area contributed by atoms with Crippen LogP contribution in [-0.2, 0) is 0 Å². The van der Waals surface area contributed by atoms with E-state index in [0.717, 1.165) is 25.0 Å². The van der Waals surface area contributed by atoms with Gasteiger partial charge in [0.15, 0.2) is 5.69 Å².